The number of halogens is 1. The molecule has 2 rings (SSSR count). The van der Waals surface area contributed by atoms with Gasteiger partial charge in [-0.1, -0.05) is 13.3 Å². The van der Waals surface area contributed by atoms with Crippen LogP contribution in [0.2, 0.25) is 0 Å². The minimum Gasteiger partial charge on any atom is -0.328 e. The average Bonchev–Trinajstić information content (AvgIpc) is 2.66. The molecule has 0 aromatic carbocycles. The Bertz CT molecular complexity index is 400. The Labute approximate surface area is 118 Å². The summed E-state index contributed by atoms with van der Waals surface area (Å²) in [7, 11) is 0. The van der Waals surface area contributed by atoms with Gasteiger partial charge in [0.05, 0.1) is 15.9 Å². The summed E-state index contributed by atoms with van der Waals surface area (Å²) in [5.41, 5.74) is 8.64. The zero-order chi connectivity index (χ0) is 13.1. The second-order valence-corrected chi connectivity index (χ2v) is 6.17. The Kier molecular flexibility index (Phi) is 4.84. The lowest BCUT2D eigenvalue weighted by Gasteiger charge is -2.26. The highest BCUT2D eigenvalue weighted by Crippen LogP contribution is 2.30. The second-order valence-electron chi connectivity index (χ2n) is 5.37. The van der Waals surface area contributed by atoms with Crippen LogP contribution in [-0.2, 0) is 19.4 Å². The summed E-state index contributed by atoms with van der Waals surface area (Å²) in [5, 5.41) is 4.67. The van der Waals surface area contributed by atoms with Crippen molar-refractivity contribution in [3.05, 3.63) is 15.9 Å². The predicted octanol–water partition coefficient (Wildman–Crippen LogP) is 3.29. The van der Waals surface area contributed by atoms with Crippen molar-refractivity contribution in [3.63, 3.8) is 0 Å². The molecule has 1 fully saturated rings. The molecule has 2 N–H and O–H groups in total. The smallest absolute Gasteiger partial charge is 0.0766 e. The van der Waals surface area contributed by atoms with E-state index >= 15 is 0 Å². The molecule has 102 valence electrons. The Balaban J connectivity index is 2.14. The van der Waals surface area contributed by atoms with Crippen molar-refractivity contribution in [2.24, 2.45) is 11.7 Å². The molecule has 2 atom stereocenters. The Morgan fingerprint density at radius 1 is 1.39 bits per heavy atom. The van der Waals surface area contributed by atoms with E-state index in [-0.39, 0.29) is 0 Å². The van der Waals surface area contributed by atoms with Crippen LogP contribution in [0, 0.1) is 5.92 Å². The summed E-state index contributed by atoms with van der Waals surface area (Å²) in [5.74, 6) is 0.733. The predicted molar refractivity (Wildman–Crippen MR) is 78.6 cm³/mol. The van der Waals surface area contributed by atoms with Crippen molar-refractivity contribution < 1.29 is 0 Å². The molecule has 1 aliphatic rings. The van der Waals surface area contributed by atoms with E-state index in [4.69, 9.17) is 5.73 Å². The summed E-state index contributed by atoms with van der Waals surface area (Å²) in [4.78, 5) is 0. The van der Waals surface area contributed by atoms with Gasteiger partial charge in [-0.05, 0) is 60.9 Å². The highest BCUT2D eigenvalue weighted by atomic mass is 79.9. The number of rotatable bonds is 4. The average molecular weight is 314 g/mol. The number of nitrogens with zero attached hydrogens (tertiary/aromatic N) is 2. The number of nitrogens with two attached hydrogens (primary N) is 1. The molecule has 0 spiro atoms. The zero-order valence-electron chi connectivity index (χ0n) is 11.5. The number of hydrogen-bond acceptors (Lipinski definition) is 2. The van der Waals surface area contributed by atoms with Crippen molar-refractivity contribution in [2.45, 2.75) is 65.0 Å². The minimum atomic E-state index is 0.408. The molecular weight excluding hydrogens is 290 g/mol. The molecule has 3 nitrogen and oxygen atoms in total. The van der Waals surface area contributed by atoms with Crippen molar-refractivity contribution in [1.29, 1.82) is 0 Å². The lowest BCUT2D eigenvalue weighted by atomic mass is 9.83. The molecule has 1 heterocycles. The van der Waals surface area contributed by atoms with E-state index in [1.165, 1.54) is 41.5 Å². The molecule has 0 radical (unpaired) electrons. The Hall–Kier alpha value is -0.350. The van der Waals surface area contributed by atoms with Gasteiger partial charge in [-0.15, -0.1) is 0 Å². The quantitative estimate of drug-likeness (QED) is 0.927. The van der Waals surface area contributed by atoms with Gasteiger partial charge in [0, 0.05) is 12.6 Å². The van der Waals surface area contributed by atoms with E-state index in [1.54, 1.807) is 0 Å². The topological polar surface area (TPSA) is 43.8 Å². The summed E-state index contributed by atoms with van der Waals surface area (Å²) in [6, 6.07) is 0.408. The van der Waals surface area contributed by atoms with Gasteiger partial charge in [-0.3, -0.25) is 4.68 Å². The van der Waals surface area contributed by atoms with Gasteiger partial charge in [-0.2, -0.15) is 5.10 Å². The SMILES string of the molecule is CCc1nn(CC)c(CC2CCCC(N)C2)c1Br. The zero-order valence-corrected chi connectivity index (χ0v) is 13.0. The van der Waals surface area contributed by atoms with Crippen LogP contribution in [0.4, 0.5) is 0 Å². The molecule has 1 aliphatic carbocycles. The molecule has 0 aliphatic heterocycles. The molecule has 0 bridgehead atoms. The largest absolute Gasteiger partial charge is 0.328 e. The van der Waals surface area contributed by atoms with Crippen LogP contribution >= 0.6 is 15.9 Å². The molecule has 4 heteroatoms. The lowest BCUT2D eigenvalue weighted by molar-refractivity contribution is 0.315. The molecule has 2 unspecified atom stereocenters. The van der Waals surface area contributed by atoms with E-state index < -0.39 is 0 Å². The van der Waals surface area contributed by atoms with E-state index in [2.05, 4.69) is 39.6 Å². The van der Waals surface area contributed by atoms with E-state index in [0.717, 1.165) is 25.3 Å². The van der Waals surface area contributed by atoms with Crippen molar-refractivity contribution in [2.75, 3.05) is 0 Å². The van der Waals surface area contributed by atoms with Crippen LogP contribution in [0.3, 0.4) is 0 Å². The maximum Gasteiger partial charge on any atom is 0.0766 e. The number of hydrogen-bond donors (Lipinski definition) is 1. The van der Waals surface area contributed by atoms with E-state index in [9.17, 15) is 0 Å². The first-order valence-corrected chi connectivity index (χ1v) is 7.94. The number of aryl methyl sites for hydroxylation is 2. The summed E-state index contributed by atoms with van der Waals surface area (Å²) in [6.45, 7) is 5.27. The molecule has 0 amide bonds. The normalized spacial score (nSPS) is 24.4. The number of aromatic nitrogens is 2. The van der Waals surface area contributed by atoms with Gasteiger partial charge in [0.25, 0.3) is 0 Å². The fourth-order valence-electron chi connectivity index (χ4n) is 3.00. The van der Waals surface area contributed by atoms with Crippen LogP contribution < -0.4 is 5.73 Å². The molecule has 1 aromatic heterocycles. The summed E-state index contributed by atoms with van der Waals surface area (Å²) < 4.78 is 3.38. The van der Waals surface area contributed by atoms with Crippen molar-refractivity contribution >= 4 is 15.9 Å². The van der Waals surface area contributed by atoms with E-state index in [1.807, 2.05) is 0 Å². The summed E-state index contributed by atoms with van der Waals surface area (Å²) >= 11 is 3.73. The maximum absolute atomic E-state index is 6.08. The molecule has 18 heavy (non-hydrogen) atoms. The maximum atomic E-state index is 6.08. The van der Waals surface area contributed by atoms with Crippen LogP contribution in [0.5, 0.6) is 0 Å². The van der Waals surface area contributed by atoms with Crippen molar-refractivity contribution in [1.82, 2.24) is 9.78 Å². The van der Waals surface area contributed by atoms with Gasteiger partial charge in [0.2, 0.25) is 0 Å². The fourth-order valence-corrected chi connectivity index (χ4v) is 3.73. The van der Waals surface area contributed by atoms with Crippen LogP contribution in [0.1, 0.15) is 50.9 Å². The third-order valence-electron chi connectivity index (χ3n) is 4.00. The fraction of sp³-hybridized carbons (Fsp3) is 0.786. The molecule has 1 aromatic rings. The standard InChI is InChI=1S/C14H24BrN3/c1-3-12-14(15)13(18(4-2)17-12)9-10-6-5-7-11(16)8-10/h10-11H,3-9,16H2,1-2H3. The van der Waals surface area contributed by atoms with Gasteiger partial charge >= 0.3 is 0 Å². The highest BCUT2D eigenvalue weighted by molar-refractivity contribution is 9.10. The lowest BCUT2D eigenvalue weighted by Crippen LogP contribution is -2.29. The molecule has 0 saturated heterocycles. The first-order valence-electron chi connectivity index (χ1n) is 7.15. The second kappa shape index (κ2) is 6.20. The third-order valence-corrected chi connectivity index (χ3v) is 4.91. The van der Waals surface area contributed by atoms with Gasteiger partial charge < -0.3 is 5.73 Å². The summed E-state index contributed by atoms with van der Waals surface area (Å²) in [6.07, 6.45) is 7.08. The van der Waals surface area contributed by atoms with Crippen molar-refractivity contribution in [3.8, 4) is 0 Å². The molecular formula is C14H24BrN3. The highest BCUT2D eigenvalue weighted by Gasteiger charge is 2.23. The van der Waals surface area contributed by atoms with Gasteiger partial charge in [0.15, 0.2) is 0 Å². The van der Waals surface area contributed by atoms with Crippen LogP contribution in [0.25, 0.3) is 0 Å². The first kappa shape index (κ1) is 14.1. The Morgan fingerprint density at radius 2 is 2.17 bits per heavy atom. The van der Waals surface area contributed by atoms with E-state index in [0.29, 0.717) is 6.04 Å². The first-order chi connectivity index (χ1) is 8.65. The van der Waals surface area contributed by atoms with Gasteiger partial charge in [0.1, 0.15) is 0 Å². The van der Waals surface area contributed by atoms with Crippen LogP contribution in [-0.4, -0.2) is 15.8 Å². The van der Waals surface area contributed by atoms with Gasteiger partial charge in [-0.25, -0.2) is 0 Å². The third kappa shape index (κ3) is 2.97. The molecule has 1 saturated carbocycles. The van der Waals surface area contributed by atoms with Crippen LogP contribution in [0.15, 0.2) is 4.47 Å². The Morgan fingerprint density at radius 3 is 2.78 bits per heavy atom. The monoisotopic (exact) mass is 313 g/mol. The minimum absolute atomic E-state index is 0.408.